The monoisotopic (exact) mass is 543 g/mol. The Morgan fingerprint density at radius 2 is 0.875 bits per heavy atom. The van der Waals surface area contributed by atoms with Crippen LogP contribution >= 0.6 is 0 Å². The molecular weight excluding hydrogens is 494 g/mol. The van der Waals surface area contributed by atoms with Crippen LogP contribution in [0.3, 0.4) is 0 Å². The molecule has 16 atom stereocenters. The molecule has 0 amide bonds. The van der Waals surface area contributed by atoms with Gasteiger partial charge in [-0.2, -0.15) is 0 Å². The van der Waals surface area contributed by atoms with Gasteiger partial charge < -0.3 is 4.57 Å². The number of hydrazine groups is 1. The van der Waals surface area contributed by atoms with Crippen LogP contribution in [-0.2, 0) is 7.05 Å². The zero-order valence-corrected chi connectivity index (χ0v) is 24.2. The molecule has 216 valence electrons. The van der Waals surface area contributed by atoms with Crippen molar-refractivity contribution in [3.63, 3.8) is 0 Å². The smallest absolute Gasteiger partial charge is 0.0791 e. The summed E-state index contributed by atoms with van der Waals surface area (Å²) in [5.74, 6) is 6.06. The van der Waals surface area contributed by atoms with Gasteiger partial charge >= 0.3 is 0 Å². The van der Waals surface area contributed by atoms with Crippen molar-refractivity contribution in [1.29, 1.82) is 0 Å². The molecule has 40 heavy (non-hydrogen) atoms. The number of hydrogen-bond acceptors (Lipinski definition) is 6. The molecule has 5 aliphatic carbocycles. The largest absolute Gasteiger partial charge is 0.357 e. The molecule has 0 spiro atoms. The molecule has 6 saturated heterocycles. The lowest BCUT2D eigenvalue weighted by molar-refractivity contribution is -0.148. The molecule has 7 nitrogen and oxygen atoms in total. The molecule has 1 aromatic heterocycles. The van der Waals surface area contributed by atoms with Gasteiger partial charge in [-0.15, -0.1) is 0 Å². The minimum atomic E-state index is 0.450. The Morgan fingerprint density at radius 1 is 0.500 bits per heavy atom. The van der Waals surface area contributed by atoms with Crippen molar-refractivity contribution in [2.75, 3.05) is 0 Å². The minimum absolute atomic E-state index is 0.450. The van der Waals surface area contributed by atoms with Gasteiger partial charge in [0.05, 0.1) is 24.7 Å². The van der Waals surface area contributed by atoms with Crippen LogP contribution in [0, 0.1) is 47.3 Å². The van der Waals surface area contributed by atoms with Crippen molar-refractivity contribution >= 4 is 0 Å². The number of aryl methyl sites for hydroxylation is 1. The first-order valence-corrected chi connectivity index (χ1v) is 17.5. The molecule has 7 heterocycles. The summed E-state index contributed by atoms with van der Waals surface area (Å²) in [5.41, 5.74) is 3.25. The molecule has 12 bridgehead atoms. The molecule has 0 aromatic carbocycles. The zero-order valence-electron chi connectivity index (χ0n) is 24.2. The van der Waals surface area contributed by atoms with Crippen LogP contribution in [0.1, 0.15) is 100 Å². The summed E-state index contributed by atoms with van der Waals surface area (Å²) in [7, 11) is 2.26. The first-order chi connectivity index (χ1) is 19.8. The maximum Gasteiger partial charge on any atom is 0.0791 e. The Bertz CT molecular complexity index is 1130. The summed E-state index contributed by atoms with van der Waals surface area (Å²) in [5, 5.41) is 24.5. The number of nitrogens with zero attached hydrogens (tertiary/aromatic N) is 3. The molecule has 4 saturated carbocycles. The van der Waals surface area contributed by atoms with E-state index in [0.717, 1.165) is 35.5 Å². The van der Waals surface area contributed by atoms with E-state index >= 15 is 0 Å². The molecule has 10 fully saturated rings. The molecule has 0 radical (unpaired) electrons. The SMILES string of the molecule is Cn1cc2c(c1)C1NC3C4CCCCC4C4NC5C6CCCCC6C6NC7C8CCCCC8C(NC2C1C65)N7N34. The van der Waals surface area contributed by atoms with E-state index in [-0.39, 0.29) is 0 Å². The predicted octanol–water partition coefficient (Wildman–Crippen LogP) is 3.77. The molecule has 16 unspecified atom stereocenters. The van der Waals surface area contributed by atoms with Crippen molar-refractivity contribution in [1.82, 2.24) is 35.9 Å². The van der Waals surface area contributed by atoms with E-state index < -0.39 is 0 Å². The molecule has 7 heteroatoms. The van der Waals surface area contributed by atoms with Crippen molar-refractivity contribution < 1.29 is 0 Å². The van der Waals surface area contributed by atoms with Crippen LogP contribution in [0.4, 0.5) is 0 Å². The highest BCUT2D eigenvalue weighted by Crippen LogP contribution is 2.62. The predicted molar refractivity (Wildman–Crippen MR) is 153 cm³/mol. The van der Waals surface area contributed by atoms with Gasteiger partial charge in [-0.25, -0.2) is 10.0 Å². The first-order valence-electron chi connectivity index (χ1n) is 17.5. The van der Waals surface area contributed by atoms with Gasteiger partial charge in [0.1, 0.15) is 0 Å². The summed E-state index contributed by atoms with van der Waals surface area (Å²) in [6, 6.07) is 2.20. The summed E-state index contributed by atoms with van der Waals surface area (Å²) in [6.07, 6.45) is 24.0. The fourth-order valence-corrected chi connectivity index (χ4v) is 13.6. The third kappa shape index (κ3) is 2.76. The van der Waals surface area contributed by atoms with Gasteiger partial charge in [-0.3, -0.25) is 21.3 Å². The van der Waals surface area contributed by atoms with Crippen LogP contribution in [-0.4, -0.2) is 51.3 Å². The van der Waals surface area contributed by atoms with E-state index in [0.29, 0.717) is 60.7 Å². The molecule has 11 aliphatic rings. The van der Waals surface area contributed by atoms with Gasteiger partial charge in [0, 0.05) is 49.5 Å². The number of rotatable bonds is 0. The lowest BCUT2D eigenvalue weighted by atomic mass is 9.73. The molecule has 4 N–H and O–H groups in total. The van der Waals surface area contributed by atoms with Crippen molar-refractivity contribution in [2.24, 2.45) is 54.4 Å². The fraction of sp³-hybridized carbons (Fsp3) is 0.879. The second-order valence-corrected chi connectivity index (χ2v) is 16.0. The molecule has 1 aromatic rings. The average Bonchev–Trinajstić information content (AvgIpc) is 3.75. The lowest BCUT2D eigenvalue weighted by Gasteiger charge is -2.48. The standard InChI is InChI=1S/C33H49N7/c1-38-14-22-23(15-38)29-25-24-26-16-8-2-3-9-17(16)27(24)35-31-19-11-5-7-13-21(19)33(37-29)40(31)39-30(34-26)18-10-4-6-12-20(18)32(39)36-28(22)25/h14-21,24-37H,2-13H2,1H3. The van der Waals surface area contributed by atoms with E-state index in [2.05, 4.69) is 55.3 Å². The fourth-order valence-electron chi connectivity index (χ4n) is 13.6. The number of fused-ring (bicyclic) bond motifs is 4. The summed E-state index contributed by atoms with van der Waals surface area (Å²) < 4.78 is 2.37. The third-order valence-electron chi connectivity index (χ3n) is 14.7. The van der Waals surface area contributed by atoms with E-state index in [1.54, 1.807) is 11.1 Å². The highest BCUT2D eigenvalue weighted by atomic mass is 15.8. The van der Waals surface area contributed by atoms with Crippen molar-refractivity contribution in [2.45, 2.75) is 126 Å². The molecule has 6 aliphatic heterocycles. The van der Waals surface area contributed by atoms with Gasteiger partial charge in [0.15, 0.2) is 0 Å². The van der Waals surface area contributed by atoms with Crippen molar-refractivity contribution in [3.8, 4) is 0 Å². The summed E-state index contributed by atoms with van der Waals surface area (Å²) in [6.45, 7) is 0. The van der Waals surface area contributed by atoms with Crippen molar-refractivity contribution in [3.05, 3.63) is 23.5 Å². The van der Waals surface area contributed by atoms with E-state index in [1.165, 1.54) is 77.0 Å². The van der Waals surface area contributed by atoms with E-state index in [1.807, 2.05) is 0 Å². The summed E-state index contributed by atoms with van der Waals surface area (Å²) in [4.78, 5) is 0. The number of aromatic nitrogens is 1. The van der Waals surface area contributed by atoms with Gasteiger partial charge in [0.25, 0.3) is 0 Å². The Morgan fingerprint density at radius 3 is 1.30 bits per heavy atom. The molecular formula is C33H49N7. The average molecular weight is 544 g/mol. The van der Waals surface area contributed by atoms with Crippen LogP contribution in [0.2, 0.25) is 0 Å². The van der Waals surface area contributed by atoms with Crippen LogP contribution in [0.25, 0.3) is 0 Å². The number of nitrogens with one attached hydrogen (secondary N) is 4. The van der Waals surface area contributed by atoms with Crippen LogP contribution in [0.5, 0.6) is 0 Å². The highest BCUT2D eigenvalue weighted by Gasteiger charge is 2.69. The first kappa shape index (κ1) is 23.5. The second kappa shape index (κ2) is 8.15. The zero-order chi connectivity index (χ0) is 25.9. The highest BCUT2D eigenvalue weighted by molar-refractivity contribution is 5.40. The van der Waals surface area contributed by atoms with E-state index in [4.69, 9.17) is 0 Å². The minimum Gasteiger partial charge on any atom is -0.357 e. The quantitative estimate of drug-likeness (QED) is 0.400. The topological polar surface area (TPSA) is 59.5 Å². The normalized spacial score (nSPS) is 60.0. The maximum atomic E-state index is 4.67. The third-order valence-corrected chi connectivity index (χ3v) is 14.7. The van der Waals surface area contributed by atoms with Gasteiger partial charge in [0.2, 0.25) is 0 Å². The summed E-state index contributed by atoms with van der Waals surface area (Å²) >= 11 is 0. The van der Waals surface area contributed by atoms with Gasteiger partial charge in [-0.05, 0) is 91.1 Å². The van der Waals surface area contributed by atoms with Gasteiger partial charge in [-0.1, -0.05) is 38.5 Å². The maximum absolute atomic E-state index is 4.67. The Hall–Kier alpha value is -0.960. The lowest BCUT2D eigenvalue weighted by Crippen LogP contribution is -2.68. The Balaban J connectivity index is 1.20. The molecule has 12 rings (SSSR count). The van der Waals surface area contributed by atoms with Crippen LogP contribution in [0.15, 0.2) is 12.4 Å². The Labute approximate surface area is 239 Å². The van der Waals surface area contributed by atoms with E-state index in [9.17, 15) is 0 Å². The Kier molecular flexibility index (Phi) is 4.78. The van der Waals surface area contributed by atoms with Crippen LogP contribution < -0.4 is 21.3 Å². The number of hydrogen-bond donors (Lipinski definition) is 4. The second-order valence-electron chi connectivity index (χ2n) is 16.0.